The minimum Gasteiger partial charge on any atom is -0.465 e. The molecule has 2 aliphatic heterocycles. The van der Waals surface area contributed by atoms with Crippen LogP contribution in [-0.2, 0) is 9.59 Å². The van der Waals surface area contributed by atoms with E-state index >= 15 is 0 Å². The summed E-state index contributed by atoms with van der Waals surface area (Å²) in [4.78, 5) is 24.5. The fourth-order valence-electron chi connectivity index (χ4n) is 4.49. The standard InChI is InChI=1S/C28H26N6O4S2/c1-27(13-11-19-7-5-15-37-19)33(23(35)17-39-27)31-25-21-9-3-4-10-22(21)26(30-29-25)32-34-24(36)18-40-28(34,2)14-12-20-8-6-16-38-20/h3-16H,17-18H2,1-2H3,(H,29,31)(H,30,32)/b13-11+,14-12+. The Morgan fingerprint density at radius 2 is 1.20 bits per heavy atom. The van der Waals surface area contributed by atoms with Crippen LogP contribution in [0.15, 0.2) is 82.0 Å². The number of benzene rings is 1. The van der Waals surface area contributed by atoms with Gasteiger partial charge in [0.2, 0.25) is 0 Å². The van der Waals surface area contributed by atoms with Crippen molar-refractivity contribution in [2.45, 2.75) is 23.6 Å². The molecule has 2 saturated heterocycles. The summed E-state index contributed by atoms with van der Waals surface area (Å²) in [6.07, 6.45) is 10.8. The third-order valence-corrected chi connectivity index (χ3v) is 9.27. The van der Waals surface area contributed by atoms with Gasteiger partial charge in [0.15, 0.2) is 11.6 Å². The van der Waals surface area contributed by atoms with Gasteiger partial charge in [-0.05, 0) is 62.4 Å². The SMILES string of the molecule is CC1(/C=C/c2ccco2)SCC(=O)N1Nc1nnc(NN2C(=O)CSC2(C)/C=C/c2ccco2)c2ccccc12. The molecule has 0 radical (unpaired) electrons. The Kier molecular flexibility index (Phi) is 6.80. The van der Waals surface area contributed by atoms with Crippen molar-refractivity contribution < 1.29 is 18.4 Å². The molecule has 1 aromatic carbocycles. The molecule has 0 aliphatic carbocycles. The molecular formula is C28H26N6O4S2. The number of thioether (sulfide) groups is 2. The Morgan fingerprint density at radius 3 is 1.60 bits per heavy atom. The number of amides is 2. The van der Waals surface area contributed by atoms with Crippen LogP contribution in [0, 0.1) is 0 Å². The van der Waals surface area contributed by atoms with Gasteiger partial charge < -0.3 is 8.83 Å². The predicted molar refractivity (Wildman–Crippen MR) is 158 cm³/mol. The van der Waals surface area contributed by atoms with Crippen LogP contribution in [0.4, 0.5) is 11.6 Å². The number of hydrogen-bond donors (Lipinski definition) is 2. The zero-order valence-electron chi connectivity index (χ0n) is 21.7. The molecule has 0 spiro atoms. The molecule has 2 N–H and O–H groups in total. The Bertz CT molecular complexity index is 1490. The monoisotopic (exact) mass is 574 g/mol. The molecule has 10 nitrogen and oxygen atoms in total. The number of nitrogens with one attached hydrogen (secondary N) is 2. The average Bonchev–Trinajstić information content (AvgIpc) is 3.77. The molecule has 2 amide bonds. The lowest BCUT2D eigenvalue weighted by Gasteiger charge is -2.33. The normalized spacial score (nSPS) is 23.4. The topological polar surface area (TPSA) is 117 Å². The van der Waals surface area contributed by atoms with Gasteiger partial charge >= 0.3 is 0 Å². The highest BCUT2D eigenvalue weighted by atomic mass is 32.2. The van der Waals surface area contributed by atoms with Gasteiger partial charge in [-0.25, -0.2) is 10.0 Å². The van der Waals surface area contributed by atoms with Crippen molar-refractivity contribution in [1.29, 1.82) is 0 Å². The summed E-state index contributed by atoms with van der Waals surface area (Å²) >= 11 is 3.00. The van der Waals surface area contributed by atoms with Crippen LogP contribution in [0.1, 0.15) is 25.4 Å². The second kappa shape index (κ2) is 10.4. The maximum atomic E-state index is 12.9. The first-order chi connectivity index (χ1) is 19.3. The Labute approximate surface area is 238 Å². The molecule has 2 atom stereocenters. The smallest absolute Gasteiger partial charge is 0.252 e. The van der Waals surface area contributed by atoms with Gasteiger partial charge in [-0.15, -0.1) is 33.7 Å². The number of carbonyl (C=O) groups excluding carboxylic acids is 2. The summed E-state index contributed by atoms with van der Waals surface area (Å²) in [7, 11) is 0. The molecule has 12 heteroatoms. The molecule has 5 heterocycles. The molecule has 2 fully saturated rings. The number of furan rings is 2. The fraction of sp³-hybridized carbons (Fsp3) is 0.214. The highest BCUT2D eigenvalue weighted by Crippen LogP contribution is 2.41. The molecule has 4 aromatic rings. The second-order valence-electron chi connectivity index (χ2n) is 9.51. The molecular weight excluding hydrogens is 548 g/mol. The van der Waals surface area contributed by atoms with Crippen molar-refractivity contribution >= 4 is 69.9 Å². The van der Waals surface area contributed by atoms with Crippen molar-refractivity contribution in [2.24, 2.45) is 0 Å². The lowest BCUT2D eigenvalue weighted by Crippen LogP contribution is -2.45. The van der Waals surface area contributed by atoms with E-state index in [1.54, 1.807) is 22.5 Å². The van der Waals surface area contributed by atoms with Crippen molar-refractivity contribution in [3.8, 4) is 0 Å². The molecule has 3 aromatic heterocycles. The van der Waals surface area contributed by atoms with Gasteiger partial charge in [-0.3, -0.25) is 20.4 Å². The van der Waals surface area contributed by atoms with Crippen LogP contribution in [-0.4, -0.2) is 53.3 Å². The summed E-state index contributed by atoms with van der Waals surface area (Å²) in [5, 5.41) is 13.5. The lowest BCUT2D eigenvalue weighted by molar-refractivity contribution is -0.128. The zero-order chi connectivity index (χ0) is 27.7. The first-order valence-corrected chi connectivity index (χ1v) is 14.5. The zero-order valence-corrected chi connectivity index (χ0v) is 23.4. The number of rotatable bonds is 8. The van der Waals surface area contributed by atoms with Gasteiger partial charge in [0.25, 0.3) is 11.8 Å². The highest BCUT2D eigenvalue weighted by Gasteiger charge is 2.43. The minimum atomic E-state index is -0.676. The van der Waals surface area contributed by atoms with E-state index < -0.39 is 9.74 Å². The van der Waals surface area contributed by atoms with Crippen molar-refractivity contribution in [2.75, 3.05) is 22.4 Å². The van der Waals surface area contributed by atoms with Crippen molar-refractivity contribution in [1.82, 2.24) is 20.2 Å². The highest BCUT2D eigenvalue weighted by molar-refractivity contribution is 8.02. The van der Waals surface area contributed by atoms with Gasteiger partial charge in [0.1, 0.15) is 21.3 Å². The molecule has 204 valence electrons. The number of hydrogen-bond acceptors (Lipinski definition) is 10. The summed E-state index contributed by atoms with van der Waals surface area (Å²) < 4.78 is 10.8. The third-order valence-electron chi connectivity index (χ3n) is 6.69. The first kappa shape index (κ1) is 26.1. The van der Waals surface area contributed by atoms with E-state index in [4.69, 9.17) is 8.83 Å². The van der Waals surface area contributed by atoms with Crippen LogP contribution in [0.25, 0.3) is 22.9 Å². The summed E-state index contributed by atoms with van der Waals surface area (Å²) in [6, 6.07) is 14.9. The van der Waals surface area contributed by atoms with Gasteiger partial charge in [-0.2, -0.15) is 0 Å². The van der Waals surface area contributed by atoms with Gasteiger partial charge in [0, 0.05) is 10.8 Å². The number of carbonyl (C=O) groups is 2. The third kappa shape index (κ3) is 4.95. The first-order valence-electron chi connectivity index (χ1n) is 12.5. The Morgan fingerprint density at radius 1 is 0.750 bits per heavy atom. The number of anilines is 2. The van der Waals surface area contributed by atoms with E-state index in [9.17, 15) is 9.59 Å². The lowest BCUT2D eigenvalue weighted by atomic mass is 10.1. The molecule has 0 saturated carbocycles. The number of aromatic nitrogens is 2. The van der Waals surface area contributed by atoms with Crippen LogP contribution in [0.5, 0.6) is 0 Å². The van der Waals surface area contributed by atoms with E-state index in [-0.39, 0.29) is 11.8 Å². The molecule has 6 rings (SSSR count). The largest absolute Gasteiger partial charge is 0.465 e. The van der Waals surface area contributed by atoms with Crippen LogP contribution < -0.4 is 10.9 Å². The quantitative estimate of drug-likeness (QED) is 0.280. The predicted octanol–water partition coefficient (Wildman–Crippen LogP) is 5.48. The number of hydrazine groups is 2. The number of fused-ring (bicyclic) bond motifs is 1. The minimum absolute atomic E-state index is 0.0801. The van der Waals surface area contributed by atoms with E-state index in [0.717, 1.165) is 10.8 Å². The van der Waals surface area contributed by atoms with E-state index in [2.05, 4.69) is 21.0 Å². The van der Waals surface area contributed by atoms with Crippen LogP contribution in [0.2, 0.25) is 0 Å². The van der Waals surface area contributed by atoms with E-state index in [1.807, 2.05) is 86.7 Å². The summed E-state index contributed by atoms with van der Waals surface area (Å²) in [5.74, 6) is 2.72. The van der Waals surface area contributed by atoms with Crippen molar-refractivity contribution in [3.63, 3.8) is 0 Å². The van der Waals surface area contributed by atoms with Crippen LogP contribution >= 0.6 is 23.5 Å². The molecule has 2 unspecified atom stereocenters. The fourth-order valence-corrected chi connectivity index (χ4v) is 6.46. The Balaban J connectivity index is 1.28. The van der Waals surface area contributed by atoms with Gasteiger partial charge in [-0.1, -0.05) is 24.3 Å². The van der Waals surface area contributed by atoms with E-state index in [1.165, 1.54) is 23.5 Å². The maximum absolute atomic E-state index is 12.9. The van der Waals surface area contributed by atoms with E-state index in [0.29, 0.717) is 34.7 Å². The molecule has 40 heavy (non-hydrogen) atoms. The molecule has 2 aliphatic rings. The van der Waals surface area contributed by atoms with Crippen molar-refractivity contribution in [3.05, 3.63) is 84.7 Å². The average molecular weight is 575 g/mol. The number of nitrogens with zero attached hydrogens (tertiary/aromatic N) is 4. The second-order valence-corrected chi connectivity index (χ2v) is 12.3. The maximum Gasteiger partial charge on any atom is 0.252 e. The van der Waals surface area contributed by atoms with Gasteiger partial charge in [0.05, 0.1) is 24.0 Å². The van der Waals surface area contributed by atoms with Crippen LogP contribution in [0.3, 0.4) is 0 Å². The summed E-state index contributed by atoms with van der Waals surface area (Å²) in [5.41, 5.74) is 6.42. The summed E-state index contributed by atoms with van der Waals surface area (Å²) in [6.45, 7) is 3.91. The Hall–Kier alpha value is -4.16. The molecule has 0 bridgehead atoms.